The van der Waals surface area contributed by atoms with E-state index in [0.717, 1.165) is 31.7 Å². The highest BCUT2D eigenvalue weighted by atomic mass is 19.1. The molecule has 7 heteroatoms. The maximum Gasteiger partial charge on any atom is 0.326 e. The molecule has 1 aromatic rings. The second-order valence-corrected chi connectivity index (χ2v) is 8.25. The highest BCUT2D eigenvalue weighted by Gasteiger charge is 2.47. The molecule has 2 aliphatic rings. The second kappa shape index (κ2) is 8.29. The van der Waals surface area contributed by atoms with Crippen LogP contribution in [0.4, 0.5) is 10.1 Å². The molecule has 2 amide bonds. The molecule has 2 N–H and O–H groups in total. The number of anilines is 1. The number of rotatable bonds is 5. The van der Waals surface area contributed by atoms with Crippen LogP contribution >= 0.6 is 0 Å². The minimum Gasteiger partial charge on any atom is -0.480 e. The van der Waals surface area contributed by atoms with Crippen molar-refractivity contribution >= 4 is 23.5 Å². The zero-order valence-corrected chi connectivity index (χ0v) is 16.3. The average molecular weight is 390 g/mol. The van der Waals surface area contributed by atoms with Crippen molar-refractivity contribution in [2.24, 2.45) is 11.8 Å². The number of carboxylic acids is 1. The first kappa shape index (κ1) is 20.3. The van der Waals surface area contributed by atoms with Gasteiger partial charge in [0.1, 0.15) is 11.9 Å². The van der Waals surface area contributed by atoms with E-state index in [9.17, 15) is 23.9 Å². The van der Waals surface area contributed by atoms with E-state index in [0.29, 0.717) is 6.42 Å². The van der Waals surface area contributed by atoms with Crippen molar-refractivity contribution in [3.8, 4) is 0 Å². The molecular weight excluding hydrogens is 363 g/mol. The lowest BCUT2D eigenvalue weighted by molar-refractivity contribution is -0.141. The highest BCUT2D eigenvalue weighted by Crippen LogP contribution is 2.40. The highest BCUT2D eigenvalue weighted by molar-refractivity contribution is 5.98. The summed E-state index contributed by atoms with van der Waals surface area (Å²) in [7, 11) is 0. The van der Waals surface area contributed by atoms with E-state index in [4.69, 9.17) is 0 Å². The third-order valence-electron chi connectivity index (χ3n) is 5.69. The molecule has 0 spiro atoms. The third kappa shape index (κ3) is 4.18. The van der Waals surface area contributed by atoms with Crippen molar-refractivity contribution in [2.75, 3.05) is 5.32 Å². The van der Waals surface area contributed by atoms with E-state index >= 15 is 0 Å². The zero-order chi connectivity index (χ0) is 20.4. The van der Waals surface area contributed by atoms with Gasteiger partial charge in [0, 0.05) is 18.0 Å². The molecule has 1 aliphatic carbocycles. The number of nitrogens with zero attached hydrogens (tertiary/aromatic N) is 1. The quantitative estimate of drug-likeness (QED) is 0.803. The fourth-order valence-corrected chi connectivity index (χ4v) is 4.44. The van der Waals surface area contributed by atoms with Crippen molar-refractivity contribution in [1.82, 2.24) is 4.90 Å². The third-order valence-corrected chi connectivity index (χ3v) is 5.69. The summed E-state index contributed by atoms with van der Waals surface area (Å²) < 4.78 is 14.5. The van der Waals surface area contributed by atoms with Crippen LogP contribution in [0.15, 0.2) is 18.2 Å². The molecule has 3 rings (SSSR count). The molecule has 6 nitrogen and oxygen atoms in total. The van der Waals surface area contributed by atoms with Crippen LogP contribution in [0.25, 0.3) is 0 Å². The van der Waals surface area contributed by atoms with Crippen LogP contribution in [0.3, 0.4) is 0 Å². The van der Waals surface area contributed by atoms with Crippen LogP contribution in [-0.2, 0) is 9.59 Å². The Balaban J connectivity index is 1.80. The minimum absolute atomic E-state index is 0.0222. The predicted octanol–water partition coefficient (Wildman–Crippen LogP) is 3.67. The number of fused-ring (bicyclic) bond motifs is 1. The molecule has 0 aromatic heterocycles. The summed E-state index contributed by atoms with van der Waals surface area (Å²) in [6, 6.07) is 2.93. The monoisotopic (exact) mass is 390 g/mol. The van der Waals surface area contributed by atoms with Crippen LogP contribution in [0.1, 0.15) is 62.7 Å². The predicted molar refractivity (Wildman–Crippen MR) is 102 cm³/mol. The van der Waals surface area contributed by atoms with Crippen LogP contribution in [0.5, 0.6) is 0 Å². The van der Waals surface area contributed by atoms with Crippen molar-refractivity contribution in [3.63, 3.8) is 0 Å². The Morgan fingerprint density at radius 2 is 1.96 bits per heavy atom. The van der Waals surface area contributed by atoms with Crippen molar-refractivity contribution < 1.29 is 23.9 Å². The molecule has 1 saturated heterocycles. The van der Waals surface area contributed by atoms with Gasteiger partial charge in [0.2, 0.25) is 5.91 Å². The number of nitrogens with one attached hydrogen (secondary N) is 1. The SMILES string of the molecule is CC(C)CC(=O)Nc1ccc(C(=O)N2C(C(=O)O)CC3CCCCC32)cc1F. The minimum atomic E-state index is -1.01. The van der Waals surface area contributed by atoms with Crippen LogP contribution in [0.2, 0.25) is 0 Å². The van der Waals surface area contributed by atoms with E-state index in [2.05, 4.69) is 5.32 Å². The summed E-state index contributed by atoms with van der Waals surface area (Å²) in [5.41, 5.74) is 0.130. The second-order valence-electron chi connectivity index (χ2n) is 8.25. The lowest BCUT2D eigenvalue weighted by Crippen LogP contribution is -2.46. The van der Waals surface area contributed by atoms with E-state index < -0.39 is 23.7 Å². The van der Waals surface area contributed by atoms with Gasteiger partial charge in [-0.3, -0.25) is 9.59 Å². The van der Waals surface area contributed by atoms with E-state index in [1.807, 2.05) is 13.8 Å². The first-order valence-corrected chi connectivity index (χ1v) is 9.92. The van der Waals surface area contributed by atoms with Crippen molar-refractivity contribution in [2.45, 2.75) is 64.5 Å². The molecule has 152 valence electrons. The summed E-state index contributed by atoms with van der Waals surface area (Å²) in [6.45, 7) is 3.79. The Bertz CT molecular complexity index is 780. The fraction of sp³-hybridized carbons (Fsp3) is 0.571. The Kier molecular flexibility index (Phi) is 6.01. The van der Waals surface area contributed by atoms with Crippen molar-refractivity contribution in [3.05, 3.63) is 29.6 Å². The largest absolute Gasteiger partial charge is 0.480 e. The molecule has 3 atom stereocenters. The molecule has 1 aliphatic heterocycles. The Morgan fingerprint density at radius 3 is 2.61 bits per heavy atom. The number of carbonyl (C=O) groups is 3. The fourth-order valence-electron chi connectivity index (χ4n) is 4.44. The summed E-state index contributed by atoms with van der Waals surface area (Å²) >= 11 is 0. The van der Waals surface area contributed by atoms with Gasteiger partial charge in [-0.15, -0.1) is 0 Å². The molecule has 1 saturated carbocycles. The Labute approximate surface area is 164 Å². The van der Waals surface area contributed by atoms with E-state index in [1.54, 1.807) is 0 Å². The lowest BCUT2D eigenvalue weighted by atomic mass is 9.84. The molecule has 0 radical (unpaired) electrons. The van der Waals surface area contributed by atoms with E-state index in [-0.39, 0.29) is 41.5 Å². The number of carboxylic acid groups (broad SMARTS) is 1. The topological polar surface area (TPSA) is 86.7 Å². The van der Waals surface area contributed by atoms with E-state index in [1.165, 1.54) is 17.0 Å². The normalized spacial score (nSPS) is 24.1. The number of aliphatic carboxylic acids is 1. The number of likely N-dealkylation sites (tertiary alicyclic amines) is 1. The number of hydrogen-bond donors (Lipinski definition) is 2. The molecule has 28 heavy (non-hydrogen) atoms. The van der Waals surface area contributed by atoms with Gasteiger partial charge >= 0.3 is 5.97 Å². The molecule has 2 fully saturated rings. The van der Waals surface area contributed by atoms with Crippen molar-refractivity contribution in [1.29, 1.82) is 0 Å². The molecule has 0 bridgehead atoms. The lowest BCUT2D eigenvalue weighted by Gasteiger charge is -2.33. The van der Waals surface area contributed by atoms with Gasteiger partial charge < -0.3 is 15.3 Å². The summed E-state index contributed by atoms with van der Waals surface area (Å²) in [6.07, 6.45) is 4.45. The average Bonchev–Trinajstić information content (AvgIpc) is 3.02. The van der Waals surface area contributed by atoms with Crippen LogP contribution in [0, 0.1) is 17.7 Å². The summed E-state index contributed by atoms with van der Waals surface area (Å²) in [5, 5.41) is 12.1. The smallest absolute Gasteiger partial charge is 0.326 e. The van der Waals surface area contributed by atoms with Gasteiger partial charge in [0.25, 0.3) is 5.91 Å². The van der Waals surface area contributed by atoms with Gasteiger partial charge in [-0.2, -0.15) is 0 Å². The first-order chi connectivity index (χ1) is 13.3. The maximum atomic E-state index is 14.5. The molecule has 3 unspecified atom stereocenters. The number of carbonyl (C=O) groups excluding carboxylic acids is 2. The van der Waals surface area contributed by atoms with Gasteiger partial charge in [-0.05, 0) is 49.3 Å². The van der Waals surface area contributed by atoms with Crippen LogP contribution < -0.4 is 5.32 Å². The molecule has 1 aromatic carbocycles. The van der Waals surface area contributed by atoms with Gasteiger partial charge in [0.05, 0.1) is 5.69 Å². The molecule has 1 heterocycles. The standard InChI is InChI=1S/C21H27FN2O4/c1-12(2)9-19(25)23-16-8-7-14(10-15(16)22)20(26)24-17-6-4-3-5-13(17)11-18(24)21(27)28/h7-8,10,12-13,17-18H,3-6,9,11H2,1-2H3,(H,23,25)(H,27,28). The summed E-state index contributed by atoms with van der Waals surface area (Å²) in [5.74, 6) is -2.12. The number of halogens is 1. The Hall–Kier alpha value is -2.44. The maximum absolute atomic E-state index is 14.5. The zero-order valence-electron chi connectivity index (χ0n) is 16.3. The van der Waals surface area contributed by atoms with Gasteiger partial charge in [0.15, 0.2) is 0 Å². The van der Waals surface area contributed by atoms with Crippen LogP contribution in [-0.4, -0.2) is 39.9 Å². The Morgan fingerprint density at radius 1 is 1.25 bits per heavy atom. The van der Waals surface area contributed by atoms with Gasteiger partial charge in [-0.1, -0.05) is 26.7 Å². The number of amides is 2. The van der Waals surface area contributed by atoms with Gasteiger partial charge in [-0.25, -0.2) is 9.18 Å². The first-order valence-electron chi connectivity index (χ1n) is 9.92. The number of hydrogen-bond acceptors (Lipinski definition) is 3. The molecular formula is C21H27FN2O4. The number of benzene rings is 1. The summed E-state index contributed by atoms with van der Waals surface area (Å²) in [4.78, 5) is 38.1.